The third-order valence-corrected chi connectivity index (χ3v) is 15.3. The molecular formula is C54H74Cl4N6O8Rh2. The average Bonchev–Trinajstić information content (AvgIpc) is 3.23. The number of diazo groups is 2. The van der Waals surface area contributed by atoms with Crippen LogP contribution in [0.5, 0.6) is 0 Å². The quantitative estimate of drug-likeness (QED) is 0.0750. The summed E-state index contributed by atoms with van der Waals surface area (Å²) in [6.45, 7) is 12.9. The van der Waals surface area contributed by atoms with Crippen molar-refractivity contribution in [2.24, 2.45) is 57.2 Å². The van der Waals surface area contributed by atoms with Crippen LogP contribution in [0.25, 0.3) is 21.0 Å². The van der Waals surface area contributed by atoms with Gasteiger partial charge in [-0.1, -0.05) is 115 Å². The second kappa shape index (κ2) is 30.4. The van der Waals surface area contributed by atoms with Gasteiger partial charge in [0.2, 0.25) is 0 Å². The van der Waals surface area contributed by atoms with Gasteiger partial charge < -0.3 is 39.6 Å². The number of azide groups is 2. The molecule has 0 N–H and O–H groups in total. The minimum atomic E-state index is -1.10. The van der Waals surface area contributed by atoms with E-state index in [4.69, 9.17) is 57.2 Å². The van der Waals surface area contributed by atoms with Crippen molar-refractivity contribution in [3.8, 4) is 0 Å². The Balaban J connectivity index is 0.000000477. The number of nitrogens with zero attached hydrogens (tertiary/aromatic N) is 6. The first-order chi connectivity index (χ1) is 33.5. The second-order valence-electron chi connectivity index (χ2n) is 23.9. The fourth-order valence-corrected chi connectivity index (χ4v) is 12.6. The van der Waals surface area contributed by atoms with Gasteiger partial charge in [-0.3, -0.25) is 0 Å². The predicted molar refractivity (Wildman–Crippen MR) is 275 cm³/mol. The Morgan fingerprint density at radius 2 is 0.649 bits per heavy atom. The van der Waals surface area contributed by atoms with E-state index in [9.17, 15) is 39.6 Å². The van der Waals surface area contributed by atoms with E-state index in [0.29, 0.717) is 25.7 Å². The Kier molecular flexibility index (Phi) is 28.4. The molecule has 0 unspecified atom stereocenters. The summed E-state index contributed by atoms with van der Waals surface area (Å²) in [5.41, 5.74) is 7.90. The van der Waals surface area contributed by atoms with Crippen LogP contribution in [0.3, 0.4) is 0 Å². The number of aliphatic carboxylic acids is 4. The van der Waals surface area contributed by atoms with Crippen molar-refractivity contribution in [3.05, 3.63) is 91.8 Å². The molecule has 10 rings (SSSR count). The largest absolute Gasteiger partial charge is 2.00 e. The minimum Gasteiger partial charge on any atom is -0.550 e. The third-order valence-electron chi connectivity index (χ3n) is 15.3. The van der Waals surface area contributed by atoms with Crippen LogP contribution in [0.4, 0.5) is 0 Å². The Morgan fingerprint density at radius 1 is 0.473 bits per heavy atom. The Bertz CT molecular complexity index is 1930. The molecular weight excluding hydrogens is 1210 g/mol. The standard InChI is InChI=1S/2C16H22O4.2C10H15N3.2CH2Cl2.2Rh/c2*1-15(2,13(17)18)9-11-6-5-7-12(8-11)10-16(3,4)14(19)20;2*11-13-12-10-4-7-1-8(5-10)3-9(2-7)6-10;2*2-1-3;;/h2*5-8H,9-10H2,1-4H3,(H,17,18)(H,19,20);2*7-9H,1-6H2;2*1H2;;/q;;;;;;2*+2/p-4. The van der Waals surface area contributed by atoms with Gasteiger partial charge in [0.15, 0.2) is 0 Å². The van der Waals surface area contributed by atoms with Crippen LogP contribution in [0.1, 0.15) is 155 Å². The van der Waals surface area contributed by atoms with Crippen LogP contribution in [0, 0.1) is 68.0 Å². The number of carbonyl (C=O) groups is 4. The number of benzene rings is 2. The fourth-order valence-electron chi connectivity index (χ4n) is 12.6. The van der Waals surface area contributed by atoms with Gasteiger partial charge in [0.25, 0.3) is 0 Å². The predicted octanol–water partition coefficient (Wildman–Crippen LogP) is 9.68. The molecule has 8 aliphatic carbocycles. The van der Waals surface area contributed by atoms with E-state index in [-0.39, 0.29) is 60.7 Å². The molecule has 0 saturated heterocycles. The van der Waals surface area contributed by atoms with Crippen molar-refractivity contribution >= 4 is 70.3 Å². The van der Waals surface area contributed by atoms with Crippen molar-refractivity contribution in [1.82, 2.24) is 0 Å². The molecule has 2 aromatic rings. The normalized spacial score (nSPS) is 25.3. The Hall–Kier alpha value is -2.83. The SMILES string of the molecule is CC(C)(Cc1cccc(CC(C)(C)C(=O)[O-])c1)C(=O)[O-].CC(C)(Cc1cccc(CC(C)(C)C(=O)[O-])c1)C(=O)[O-].ClCCl.ClCCl.N#[N+][N-]C12CC3CC(CC(C3)C1)C2.N#[N+][N-]C12CC3CC(CC(C3)C1)C2.[Rh+2].[Rh+2]. The van der Waals surface area contributed by atoms with Crippen molar-refractivity contribution in [2.75, 3.05) is 10.7 Å². The Labute approximate surface area is 485 Å². The van der Waals surface area contributed by atoms with Crippen molar-refractivity contribution < 1.29 is 78.6 Å². The first kappa shape index (κ1) is 69.2. The van der Waals surface area contributed by atoms with Crippen molar-refractivity contribution in [1.29, 1.82) is 10.8 Å². The molecule has 0 aromatic heterocycles. The summed E-state index contributed by atoms with van der Waals surface area (Å²) in [7, 11) is 0. The summed E-state index contributed by atoms with van der Waals surface area (Å²) in [4.78, 5) is 44.1. The molecule has 8 saturated carbocycles. The molecule has 8 fully saturated rings. The molecule has 0 heterocycles. The first-order valence-corrected chi connectivity index (χ1v) is 27.0. The zero-order valence-corrected chi connectivity index (χ0v) is 50.2. The van der Waals surface area contributed by atoms with Crippen molar-refractivity contribution in [2.45, 2.75) is 169 Å². The molecule has 74 heavy (non-hydrogen) atoms. The zero-order chi connectivity index (χ0) is 54.3. The molecule has 2 radical (unpaired) electrons. The maximum atomic E-state index is 11.0. The van der Waals surface area contributed by atoms with Gasteiger partial charge in [0.05, 0.1) is 31.9 Å². The zero-order valence-electron chi connectivity index (χ0n) is 43.9. The number of alkyl halides is 4. The van der Waals surface area contributed by atoms with Crippen LogP contribution in [-0.4, -0.2) is 45.6 Å². The summed E-state index contributed by atoms with van der Waals surface area (Å²) in [5.74, 6) is 0.919. The maximum absolute atomic E-state index is 11.0. The molecule has 0 aliphatic heterocycles. The third kappa shape index (κ3) is 21.2. The van der Waals surface area contributed by atoms with E-state index < -0.39 is 45.5 Å². The molecule has 8 bridgehead atoms. The van der Waals surface area contributed by atoms with Crippen LogP contribution in [0.2, 0.25) is 0 Å². The molecule has 20 heteroatoms. The number of carboxylic acids is 4. The topological polar surface area (TPSA) is 245 Å². The molecule has 8 aliphatic rings. The van der Waals surface area contributed by atoms with Gasteiger partial charge in [-0.2, -0.15) is 0 Å². The molecule has 0 spiro atoms. The molecule has 14 nitrogen and oxygen atoms in total. The summed E-state index contributed by atoms with van der Waals surface area (Å²) in [6, 6.07) is 14.6. The Morgan fingerprint density at radius 3 is 0.797 bits per heavy atom. The minimum absolute atomic E-state index is 0. The molecule has 0 amide bonds. The summed E-state index contributed by atoms with van der Waals surface area (Å²) < 4.78 is 0. The van der Waals surface area contributed by atoms with E-state index in [1.807, 2.05) is 36.4 Å². The van der Waals surface area contributed by atoms with E-state index >= 15 is 0 Å². The summed E-state index contributed by atoms with van der Waals surface area (Å²) in [5, 5.41) is 67.8. The molecule has 414 valence electrons. The van der Waals surface area contributed by atoms with E-state index in [0.717, 1.165) is 57.8 Å². The number of hydrogen-bond acceptors (Lipinski definition) is 10. The van der Waals surface area contributed by atoms with Crippen molar-refractivity contribution in [3.63, 3.8) is 0 Å². The summed E-state index contributed by atoms with van der Waals surface area (Å²) in [6.07, 6.45) is 17.0. The number of halogens is 4. The van der Waals surface area contributed by atoms with Gasteiger partial charge in [-0.25, -0.2) is 0 Å². The van der Waals surface area contributed by atoms with E-state index in [2.05, 4.69) is 21.0 Å². The molecule has 2 aromatic carbocycles. The monoisotopic (exact) mass is 1280 g/mol. The van der Waals surface area contributed by atoms with E-state index in [1.54, 1.807) is 67.5 Å². The van der Waals surface area contributed by atoms with Crippen LogP contribution < -0.4 is 20.4 Å². The van der Waals surface area contributed by atoms with Gasteiger partial charge in [0.1, 0.15) is 0 Å². The van der Waals surface area contributed by atoms with Gasteiger partial charge in [-0.05, 0) is 160 Å². The number of hydrogen-bond donors (Lipinski definition) is 0. The van der Waals surface area contributed by atoms with Crippen LogP contribution >= 0.6 is 46.4 Å². The number of carboxylic acid groups (broad SMARTS) is 4. The maximum Gasteiger partial charge on any atom is 2.00 e. The number of carbonyl (C=O) groups excluding carboxylic acids is 4. The smallest absolute Gasteiger partial charge is 0.550 e. The second-order valence-corrected chi connectivity index (χ2v) is 25.5. The first-order valence-electron chi connectivity index (χ1n) is 24.9. The number of rotatable bonds is 14. The summed E-state index contributed by atoms with van der Waals surface area (Å²) >= 11 is 19.1. The van der Waals surface area contributed by atoms with Crippen LogP contribution in [-0.2, 0) is 83.8 Å². The van der Waals surface area contributed by atoms with E-state index in [1.165, 1.54) is 77.0 Å². The molecule has 0 atom stereocenters. The van der Waals surface area contributed by atoms with Gasteiger partial charge in [-0.15, -0.1) is 57.2 Å². The van der Waals surface area contributed by atoms with Gasteiger partial charge >= 0.3 is 39.0 Å². The average molecular weight is 1280 g/mol. The van der Waals surface area contributed by atoms with Crippen LogP contribution in [0.15, 0.2) is 48.5 Å². The fraction of sp³-hybridized carbons (Fsp3) is 0.704. The van der Waals surface area contributed by atoms with Gasteiger partial charge in [0, 0.05) is 45.5 Å².